The van der Waals surface area contributed by atoms with Crippen LogP contribution in [0, 0.1) is 0 Å². The number of rotatable bonds is 4. The molecule has 2 heterocycles. The van der Waals surface area contributed by atoms with Crippen molar-refractivity contribution in [3.63, 3.8) is 0 Å². The zero-order valence-electron chi connectivity index (χ0n) is 17.8. The molecule has 2 aromatic heterocycles. The minimum absolute atomic E-state index is 0.229. The fraction of sp³-hybridized carbons (Fsp3) is 0. The smallest absolute Gasteiger partial charge is 0.208 e. The first-order valence-electron chi connectivity index (χ1n) is 10.6. The van der Waals surface area contributed by atoms with Crippen LogP contribution in [0.1, 0.15) is 0 Å². The van der Waals surface area contributed by atoms with Crippen LogP contribution in [0.3, 0.4) is 0 Å². The Morgan fingerprint density at radius 2 is 1.26 bits per heavy atom. The predicted molar refractivity (Wildman–Crippen MR) is 131 cm³/mol. The van der Waals surface area contributed by atoms with Crippen molar-refractivity contribution in [3.8, 4) is 0 Å². The molecule has 0 aliphatic carbocycles. The summed E-state index contributed by atoms with van der Waals surface area (Å²) in [6.45, 7) is 0. The Bertz CT molecular complexity index is 1700. The SMILES string of the molecule is Nc1nn2c(nnc3c4ccccc4ccc32)c1N=Nc1ccc(N=Nc2ccccc2)cc1. The van der Waals surface area contributed by atoms with Crippen molar-refractivity contribution in [2.75, 3.05) is 5.73 Å². The molecule has 0 aliphatic rings. The van der Waals surface area contributed by atoms with Gasteiger partial charge in [0.25, 0.3) is 0 Å². The van der Waals surface area contributed by atoms with Crippen LogP contribution in [0.2, 0.25) is 0 Å². The Morgan fingerprint density at radius 3 is 2.03 bits per heavy atom. The number of aromatic nitrogens is 4. The molecule has 0 radical (unpaired) electrons. The van der Waals surface area contributed by atoms with Gasteiger partial charge in [0.1, 0.15) is 5.52 Å². The molecule has 0 saturated heterocycles. The number of fused-ring (bicyclic) bond motifs is 5. The lowest BCUT2D eigenvalue weighted by Crippen LogP contribution is -1.97. The minimum atomic E-state index is 0.229. The zero-order valence-corrected chi connectivity index (χ0v) is 17.8. The van der Waals surface area contributed by atoms with Crippen LogP contribution in [-0.4, -0.2) is 19.8 Å². The Labute approximate surface area is 193 Å². The Kier molecular flexibility index (Phi) is 4.70. The Hall–Kier alpha value is -5.05. The van der Waals surface area contributed by atoms with Gasteiger partial charge in [0.05, 0.1) is 22.6 Å². The molecule has 0 fully saturated rings. The second-order valence-electron chi connectivity index (χ2n) is 7.58. The number of benzene rings is 4. The van der Waals surface area contributed by atoms with E-state index in [1.807, 2.05) is 78.9 Å². The van der Waals surface area contributed by atoms with Gasteiger partial charge in [-0.3, -0.25) is 0 Å². The molecule has 0 unspecified atom stereocenters. The number of nitrogen functional groups attached to an aromatic ring is 1. The van der Waals surface area contributed by atoms with Crippen molar-refractivity contribution in [1.82, 2.24) is 19.8 Å². The van der Waals surface area contributed by atoms with Gasteiger partial charge >= 0.3 is 0 Å². The quantitative estimate of drug-likeness (QED) is 0.237. The van der Waals surface area contributed by atoms with Crippen molar-refractivity contribution in [3.05, 3.63) is 91.0 Å². The molecular weight excluding hydrogens is 426 g/mol. The summed E-state index contributed by atoms with van der Waals surface area (Å²) in [6, 6.07) is 28.8. The van der Waals surface area contributed by atoms with Crippen molar-refractivity contribution in [2.45, 2.75) is 0 Å². The van der Waals surface area contributed by atoms with Crippen molar-refractivity contribution in [1.29, 1.82) is 0 Å². The second-order valence-corrected chi connectivity index (χ2v) is 7.58. The van der Waals surface area contributed by atoms with Gasteiger partial charge in [0.15, 0.2) is 11.5 Å². The van der Waals surface area contributed by atoms with E-state index in [9.17, 15) is 0 Å². The third-order valence-electron chi connectivity index (χ3n) is 5.37. The fourth-order valence-electron chi connectivity index (χ4n) is 3.69. The lowest BCUT2D eigenvalue weighted by Gasteiger charge is -2.03. The number of hydrogen-bond donors (Lipinski definition) is 1. The summed E-state index contributed by atoms with van der Waals surface area (Å²) in [7, 11) is 0. The summed E-state index contributed by atoms with van der Waals surface area (Å²) >= 11 is 0. The van der Waals surface area contributed by atoms with Crippen LogP contribution in [0.25, 0.3) is 27.5 Å². The Morgan fingerprint density at radius 1 is 0.618 bits per heavy atom. The van der Waals surface area contributed by atoms with Gasteiger partial charge in [-0.25, -0.2) is 4.52 Å². The van der Waals surface area contributed by atoms with Crippen molar-refractivity contribution >= 4 is 56.0 Å². The van der Waals surface area contributed by atoms with E-state index in [0.29, 0.717) is 22.7 Å². The highest BCUT2D eigenvalue weighted by Gasteiger charge is 2.15. The van der Waals surface area contributed by atoms with Gasteiger partial charge in [0, 0.05) is 5.39 Å². The number of hydrogen-bond acceptors (Lipinski definition) is 8. The molecule has 162 valence electrons. The normalized spacial score (nSPS) is 12.0. The molecule has 34 heavy (non-hydrogen) atoms. The molecule has 6 rings (SSSR count). The van der Waals surface area contributed by atoms with E-state index in [2.05, 4.69) is 35.8 Å². The van der Waals surface area contributed by atoms with E-state index in [0.717, 1.165) is 27.5 Å². The van der Waals surface area contributed by atoms with Gasteiger partial charge in [-0.15, -0.1) is 20.4 Å². The first-order valence-corrected chi connectivity index (χ1v) is 10.6. The van der Waals surface area contributed by atoms with Crippen LogP contribution in [0.4, 0.5) is 28.6 Å². The number of nitrogens with zero attached hydrogens (tertiary/aromatic N) is 8. The topological polar surface area (TPSA) is 119 Å². The summed E-state index contributed by atoms with van der Waals surface area (Å²) in [6.07, 6.45) is 0. The highest BCUT2D eigenvalue weighted by atomic mass is 15.3. The molecule has 0 atom stereocenters. The van der Waals surface area contributed by atoms with Crippen LogP contribution in [0.5, 0.6) is 0 Å². The molecular formula is C25H17N9. The second kappa shape index (κ2) is 8.14. The molecule has 9 nitrogen and oxygen atoms in total. The van der Waals surface area contributed by atoms with E-state index < -0.39 is 0 Å². The minimum Gasteiger partial charge on any atom is -0.380 e. The molecule has 4 aromatic carbocycles. The largest absolute Gasteiger partial charge is 0.380 e. The van der Waals surface area contributed by atoms with Crippen LogP contribution < -0.4 is 5.73 Å². The molecule has 0 aliphatic heterocycles. The van der Waals surface area contributed by atoms with Gasteiger partial charge < -0.3 is 5.73 Å². The molecule has 0 saturated carbocycles. The summed E-state index contributed by atoms with van der Waals surface area (Å²) in [5.74, 6) is 0.229. The van der Waals surface area contributed by atoms with Crippen LogP contribution >= 0.6 is 0 Å². The predicted octanol–water partition coefficient (Wildman–Crippen LogP) is 6.84. The van der Waals surface area contributed by atoms with Crippen LogP contribution in [0.15, 0.2) is 111 Å². The van der Waals surface area contributed by atoms with Crippen molar-refractivity contribution in [2.24, 2.45) is 20.5 Å². The Balaban J connectivity index is 1.32. The first kappa shape index (κ1) is 19.6. The maximum Gasteiger partial charge on any atom is 0.208 e. The molecule has 6 aromatic rings. The molecule has 0 bridgehead atoms. The van der Waals surface area contributed by atoms with Gasteiger partial charge in [-0.1, -0.05) is 48.5 Å². The average molecular weight is 443 g/mol. The maximum absolute atomic E-state index is 6.16. The van der Waals surface area contributed by atoms with E-state index in [1.165, 1.54) is 0 Å². The standard InChI is InChI=1S/C25H17N9/c26-24-23(31-29-19-13-11-18(12-14-19)28-27-17-7-2-1-3-8-17)25-32-30-22-20-9-5-4-6-16(20)10-15-21(22)34(25)33-24/h1-15H,(H2,26,33). The number of nitrogens with two attached hydrogens (primary N) is 1. The molecule has 2 N–H and O–H groups in total. The third-order valence-corrected chi connectivity index (χ3v) is 5.37. The highest BCUT2D eigenvalue weighted by Crippen LogP contribution is 2.31. The van der Waals surface area contributed by atoms with Gasteiger partial charge in [-0.2, -0.15) is 15.3 Å². The zero-order chi connectivity index (χ0) is 22.9. The first-order chi connectivity index (χ1) is 16.8. The lowest BCUT2D eigenvalue weighted by atomic mass is 10.1. The van der Waals surface area contributed by atoms with Gasteiger partial charge in [-0.05, 0) is 47.9 Å². The average Bonchev–Trinajstić information content (AvgIpc) is 3.22. The molecule has 0 amide bonds. The van der Waals surface area contributed by atoms with Crippen LogP contribution in [-0.2, 0) is 0 Å². The van der Waals surface area contributed by atoms with E-state index in [-0.39, 0.29) is 5.82 Å². The number of anilines is 1. The van der Waals surface area contributed by atoms with E-state index in [4.69, 9.17) is 5.73 Å². The monoisotopic (exact) mass is 443 g/mol. The summed E-state index contributed by atoms with van der Waals surface area (Å²) < 4.78 is 1.66. The van der Waals surface area contributed by atoms with E-state index in [1.54, 1.807) is 16.6 Å². The maximum atomic E-state index is 6.16. The molecule has 9 heteroatoms. The lowest BCUT2D eigenvalue weighted by molar-refractivity contribution is 0.949. The number of azo groups is 2. The fourth-order valence-corrected chi connectivity index (χ4v) is 3.69. The highest BCUT2D eigenvalue weighted by molar-refractivity contribution is 6.04. The van der Waals surface area contributed by atoms with Gasteiger partial charge in [0.2, 0.25) is 5.65 Å². The van der Waals surface area contributed by atoms with Crippen molar-refractivity contribution < 1.29 is 0 Å². The summed E-state index contributed by atoms with van der Waals surface area (Å²) in [5.41, 5.74) is 10.7. The summed E-state index contributed by atoms with van der Waals surface area (Å²) in [5, 5.41) is 32.4. The summed E-state index contributed by atoms with van der Waals surface area (Å²) in [4.78, 5) is 0. The van der Waals surface area contributed by atoms with E-state index >= 15 is 0 Å². The third kappa shape index (κ3) is 3.51. The molecule has 0 spiro atoms.